The average Bonchev–Trinajstić information content (AvgIpc) is 3.25. The summed E-state index contributed by atoms with van der Waals surface area (Å²) in [4.78, 5) is 4.83. The van der Waals surface area contributed by atoms with Gasteiger partial charge in [0.2, 0.25) is 6.79 Å². The van der Waals surface area contributed by atoms with Crippen LogP contribution in [0.1, 0.15) is 11.1 Å². The zero-order valence-electron chi connectivity index (χ0n) is 14.1. The Balaban J connectivity index is 1.62. The van der Waals surface area contributed by atoms with Crippen molar-refractivity contribution in [3.05, 3.63) is 53.6 Å². The van der Waals surface area contributed by atoms with E-state index in [9.17, 15) is 8.42 Å². The summed E-state index contributed by atoms with van der Waals surface area (Å²) >= 11 is 0. The molecule has 5 rings (SSSR count). The van der Waals surface area contributed by atoms with Crippen molar-refractivity contribution in [2.24, 2.45) is 0 Å². The quantitative estimate of drug-likeness (QED) is 0.695. The van der Waals surface area contributed by atoms with E-state index in [0.29, 0.717) is 30.3 Å². The van der Waals surface area contributed by atoms with Gasteiger partial charge < -0.3 is 9.47 Å². The highest BCUT2D eigenvalue weighted by Crippen LogP contribution is 2.38. The van der Waals surface area contributed by atoms with Gasteiger partial charge in [-0.3, -0.25) is 0 Å². The van der Waals surface area contributed by atoms with Crippen molar-refractivity contribution in [3.8, 4) is 11.5 Å². The molecule has 7 heteroatoms. The summed E-state index contributed by atoms with van der Waals surface area (Å²) in [5.41, 5.74) is 2.84. The van der Waals surface area contributed by atoms with E-state index in [2.05, 4.69) is 4.98 Å². The average molecular weight is 368 g/mol. The van der Waals surface area contributed by atoms with Crippen molar-refractivity contribution in [1.29, 1.82) is 0 Å². The third-order valence-corrected chi connectivity index (χ3v) is 6.57. The van der Waals surface area contributed by atoms with Crippen LogP contribution in [-0.4, -0.2) is 26.7 Å². The Morgan fingerprint density at radius 3 is 2.77 bits per heavy atom. The molecule has 0 atom stereocenters. The van der Waals surface area contributed by atoms with Crippen molar-refractivity contribution >= 4 is 26.7 Å². The minimum absolute atomic E-state index is 0.109. The number of nitrogens with zero attached hydrogens (tertiary/aromatic N) is 2. The SMILES string of the molecule is Cc1ccc2cc3c(nc2c1)N(S(=O)(=O)c1ccc2c(c1)OCO2)CC3. The molecule has 0 radical (unpaired) electrons. The molecule has 132 valence electrons. The lowest BCUT2D eigenvalue weighted by molar-refractivity contribution is 0.174. The number of anilines is 1. The lowest BCUT2D eigenvalue weighted by Crippen LogP contribution is -2.29. The normalized spacial score (nSPS) is 15.5. The molecule has 0 amide bonds. The Bertz CT molecular complexity index is 1160. The first-order valence-corrected chi connectivity index (χ1v) is 9.79. The molecule has 3 heterocycles. The topological polar surface area (TPSA) is 68.7 Å². The Morgan fingerprint density at radius 1 is 1.04 bits per heavy atom. The molecule has 6 nitrogen and oxygen atoms in total. The number of hydrogen-bond acceptors (Lipinski definition) is 5. The van der Waals surface area contributed by atoms with E-state index in [1.165, 1.54) is 10.4 Å². The first-order chi connectivity index (χ1) is 12.5. The van der Waals surface area contributed by atoms with Gasteiger partial charge in [-0.2, -0.15) is 0 Å². The van der Waals surface area contributed by atoms with Gasteiger partial charge in [0, 0.05) is 18.0 Å². The summed E-state index contributed by atoms with van der Waals surface area (Å²) < 4.78 is 38.4. The van der Waals surface area contributed by atoms with E-state index in [1.807, 2.05) is 31.2 Å². The third kappa shape index (κ3) is 2.24. The highest BCUT2D eigenvalue weighted by Gasteiger charge is 2.33. The number of rotatable bonds is 2. The molecule has 0 unspecified atom stereocenters. The molecule has 3 aromatic rings. The van der Waals surface area contributed by atoms with Crippen molar-refractivity contribution in [2.75, 3.05) is 17.6 Å². The van der Waals surface area contributed by atoms with Gasteiger partial charge in [0.25, 0.3) is 10.0 Å². The number of pyridine rings is 1. The van der Waals surface area contributed by atoms with Crippen molar-refractivity contribution in [2.45, 2.75) is 18.2 Å². The maximum Gasteiger partial charge on any atom is 0.265 e. The number of sulfonamides is 1. The van der Waals surface area contributed by atoms with E-state index in [-0.39, 0.29) is 11.7 Å². The van der Waals surface area contributed by atoms with E-state index >= 15 is 0 Å². The van der Waals surface area contributed by atoms with Crippen LogP contribution in [0.15, 0.2) is 47.4 Å². The fourth-order valence-corrected chi connectivity index (χ4v) is 4.90. The molecule has 1 aromatic heterocycles. The molecule has 2 aromatic carbocycles. The number of aromatic nitrogens is 1. The number of benzene rings is 2. The van der Waals surface area contributed by atoms with Crippen LogP contribution in [0.2, 0.25) is 0 Å². The number of fused-ring (bicyclic) bond motifs is 3. The van der Waals surface area contributed by atoms with E-state index in [1.54, 1.807) is 12.1 Å². The fourth-order valence-electron chi connectivity index (χ4n) is 3.44. The van der Waals surface area contributed by atoms with Gasteiger partial charge in [-0.05, 0) is 48.7 Å². The minimum Gasteiger partial charge on any atom is -0.454 e. The van der Waals surface area contributed by atoms with Crippen LogP contribution in [-0.2, 0) is 16.4 Å². The zero-order valence-corrected chi connectivity index (χ0v) is 14.9. The van der Waals surface area contributed by atoms with Crippen LogP contribution in [0.4, 0.5) is 5.82 Å². The number of ether oxygens (including phenoxy) is 2. The van der Waals surface area contributed by atoms with Crippen LogP contribution in [0.25, 0.3) is 10.9 Å². The molecule has 0 aliphatic carbocycles. The molecular formula is C19H16N2O4S. The van der Waals surface area contributed by atoms with Crippen LogP contribution >= 0.6 is 0 Å². The second-order valence-corrected chi connectivity index (χ2v) is 8.37. The standard InChI is InChI=1S/C19H16N2O4S/c1-12-2-3-13-9-14-6-7-21(19(14)20-16(13)8-12)26(22,23)15-4-5-17-18(10-15)25-11-24-17/h2-5,8-10H,6-7,11H2,1H3. The third-order valence-electron chi connectivity index (χ3n) is 4.78. The molecule has 2 aliphatic rings. The van der Waals surface area contributed by atoms with E-state index < -0.39 is 10.0 Å². The zero-order chi connectivity index (χ0) is 17.9. The predicted octanol–water partition coefficient (Wildman–Crippen LogP) is 3.02. The van der Waals surface area contributed by atoms with Gasteiger partial charge in [-0.25, -0.2) is 17.7 Å². The lowest BCUT2D eigenvalue weighted by Gasteiger charge is -2.19. The van der Waals surface area contributed by atoms with Gasteiger partial charge in [0.15, 0.2) is 11.5 Å². The monoisotopic (exact) mass is 368 g/mol. The van der Waals surface area contributed by atoms with Gasteiger partial charge >= 0.3 is 0 Å². The fraction of sp³-hybridized carbons (Fsp3) is 0.211. The van der Waals surface area contributed by atoms with Crippen LogP contribution < -0.4 is 13.8 Å². The second kappa shape index (κ2) is 5.35. The maximum absolute atomic E-state index is 13.2. The molecule has 26 heavy (non-hydrogen) atoms. The summed E-state index contributed by atoms with van der Waals surface area (Å²) in [7, 11) is -3.72. The van der Waals surface area contributed by atoms with Crippen LogP contribution in [0.3, 0.4) is 0 Å². The summed E-state index contributed by atoms with van der Waals surface area (Å²) in [5, 5.41) is 1.02. The molecule has 0 spiro atoms. The number of hydrogen-bond donors (Lipinski definition) is 0. The summed E-state index contributed by atoms with van der Waals surface area (Å²) in [5.74, 6) is 1.53. The van der Waals surface area contributed by atoms with E-state index in [0.717, 1.165) is 22.0 Å². The molecule has 0 fully saturated rings. The lowest BCUT2D eigenvalue weighted by atomic mass is 10.1. The number of aryl methyl sites for hydroxylation is 1. The Labute approximate surface area is 151 Å². The second-order valence-electron chi connectivity index (χ2n) is 6.51. The van der Waals surface area contributed by atoms with Gasteiger partial charge in [0.1, 0.15) is 5.82 Å². The van der Waals surface area contributed by atoms with Gasteiger partial charge in [-0.1, -0.05) is 12.1 Å². The molecule has 0 N–H and O–H groups in total. The molecule has 0 saturated carbocycles. The predicted molar refractivity (Wildman–Crippen MR) is 97.3 cm³/mol. The largest absolute Gasteiger partial charge is 0.454 e. The first-order valence-electron chi connectivity index (χ1n) is 8.35. The summed E-state index contributed by atoms with van der Waals surface area (Å²) in [6.45, 7) is 2.49. The molecule has 2 aliphatic heterocycles. The van der Waals surface area contributed by atoms with Crippen molar-refractivity contribution in [1.82, 2.24) is 4.98 Å². The van der Waals surface area contributed by atoms with Crippen LogP contribution in [0, 0.1) is 6.92 Å². The molecular weight excluding hydrogens is 352 g/mol. The van der Waals surface area contributed by atoms with Crippen molar-refractivity contribution in [3.63, 3.8) is 0 Å². The van der Waals surface area contributed by atoms with Crippen molar-refractivity contribution < 1.29 is 17.9 Å². The van der Waals surface area contributed by atoms with Gasteiger partial charge in [-0.15, -0.1) is 0 Å². The van der Waals surface area contributed by atoms with Gasteiger partial charge in [0.05, 0.1) is 10.4 Å². The smallest absolute Gasteiger partial charge is 0.265 e. The Kier molecular flexibility index (Phi) is 3.18. The first kappa shape index (κ1) is 15.5. The summed E-state index contributed by atoms with van der Waals surface area (Å²) in [6.07, 6.45) is 0.649. The minimum atomic E-state index is -3.72. The maximum atomic E-state index is 13.2. The highest BCUT2D eigenvalue weighted by atomic mass is 32.2. The Morgan fingerprint density at radius 2 is 1.88 bits per heavy atom. The van der Waals surface area contributed by atoms with Crippen LogP contribution in [0.5, 0.6) is 11.5 Å². The summed E-state index contributed by atoms with van der Waals surface area (Å²) in [6, 6.07) is 12.8. The molecule has 0 saturated heterocycles. The highest BCUT2D eigenvalue weighted by molar-refractivity contribution is 7.92. The van der Waals surface area contributed by atoms with E-state index in [4.69, 9.17) is 9.47 Å². The molecule has 0 bridgehead atoms. The Hall–Kier alpha value is -2.80.